The molecule has 7 nitrogen and oxygen atoms in total. The number of alkyl halides is 3. The molecule has 2 amide bonds. The molecule has 0 spiro atoms. The van der Waals surface area contributed by atoms with Crippen LogP contribution in [-0.4, -0.2) is 60.5 Å². The second-order valence-electron chi connectivity index (χ2n) is 10.8. The number of halogens is 3. The van der Waals surface area contributed by atoms with Gasteiger partial charge in [0.2, 0.25) is 5.91 Å². The molecule has 0 aliphatic rings. The molecule has 0 fully saturated rings. The topological polar surface area (TPSA) is 74.9 Å². The minimum Gasteiger partial charge on any atom is -0.493 e. The zero-order valence-electron chi connectivity index (χ0n) is 24.7. The first-order chi connectivity index (χ1) is 20.5. The number of aromatic nitrogens is 1. The Morgan fingerprint density at radius 1 is 0.907 bits per heavy atom. The number of H-pyrrole nitrogens is 1. The molecule has 1 aromatic heterocycles. The maximum absolute atomic E-state index is 13.9. The highest BCUT2D eigenvalue weighted by atomic mass is 19.4. The number of hydrogen-bond acceptors (Lipinski definition) is 4. The second-order valence-corrected chi connectivity index (χ2v) is 10.8. The first-order valence-corrected chi connectivity index (χ1v) is 14.0. The Morgan fingerprint density at radius 2 is 1.60 bits per heavy atom. The minimum atomic E-state index is -4.51. The first kappa shape index (κ1) is 31.5. The molecule has 4 aromatic rings. The van der Waals surface area contributed by atoms with E-state index in [0.717, 1.165) is 46.3 Å². The molecule has 0 aliphatic carbocycles. The van der Waals surface area contributed by atoms with Gasteiger partial charge in [-0.25, -0.2) is 0 Å². The number of ether oxygens (including phenoxy) is 2. The quantitative estimate of drug-likeness (QED) is 0.201. The summed E-state index contributed by atoms with van der Waals surface area (Å²) in [5.74, 6) is 0.335. The summed E-state index contributed by atoms with van der Waals surface area (Å²) in [7, 11) is 3.09. The lowest BCUT2D eigenvalue weighted by atomic mass is 10.1. The normalized spacial score (nSPS) is 11.5. The lowest BCUT2D eigenvalue weighted by Gasteiger charge is -2.29. The van der Waals surface area contributed by atoms with Gasteiger partial charge in [0.25, 0.3) is 5.91 Å². The third-order valence-electron chi connectivity index (χ3n) is 7.16. The Bertz CT molecular complexity index is 1550. The summed E-state index contributed by atoms with van der Waals surface area (Å²) in [5, 5.41) is 1.07. The molecule has 10 heteroatoms. The largest absolute Gasteiger partial charge is 0.493 e. The average molecular weight is 596 g/mol. The lowest BCUT2D eigenvalue weighted by Crippen LogP contribution is -2.44. The molecule has 0 atom stereocenters. The van der Waals surface area contributed by atoms with Crippen LogP contribution in [0, 0.1) is 5.92 Å². The van der Waals surface area contributed by atoms with Gasteiger partial charge in [0.05, 0.1) is 19.8 Å². The molecule has 0 radical (unpaired) electrons. The standard InChI is InChI=1S/C33H36F3N3O4/c1-22(2)19-39(32(41)24-10-12-26(13-11-24)33(34,35)36)21-31(40)38(20-23-9-14-29(42-3)30(17-23)43-4)16-15-25-18-37-28-8-6-5-7-27(25)28/h5-14,17-18,22,37H,15-16,19-21H2,1-4H3. The van der Waals surface area contributed by atoms with E-state index >= 15 is 0 Å². The molecule has 1 heterocycles. The molecule has 228 valence electrons. The van der Waals surface area contributed by atoms with E-state index in [1.807, 2.05) is 56.4 Å². The number of benzene rings is 3. The predicted molar refractivity (Wildman–Crippen MR) is 159 cm³/mol. The molecule has 0 unspecified atom stereocenters. The second kappa shape index (κ2) is 13.7. The van der Waals surface area contributed by atoms with Crippen LogP contribution in [0.25, 0.3) is 10.9 Å². The van der Waals surface area contributed by atoms with Crippen LogP contribution in [0.5, 0.6) is 11.5 Å². The summed E-state index contributed by atoms with van der Waals surface area (Å²) in [4.78, 5) is 33.7. The summed E-state index contributed by atoms with van der Waals surface area (Å²) in [6, 6.07) is 17.4. The van der Waals surface area contributed by atoms with Crippen LogP contribution in [0.3, 0.4) is 0 Å². The van der Waals surface area contributed by atoms with E-state index in [-0.39, 0.29) is 37.0 Å². The molecule has 0 saturated heterocycles. The number of fused-ring (bicyclic) bond motifs is 1. The predicted octanol–water partition coefficient (Wildman–Crippen LogP) is 6.57. The Kier molecular flexibility index (Phi) is 10.0. The van der Waals surface area contributed by atoms with Crippen LogP contribution >= 0.6 is 0 Å². The van der Waals surface area contributed by atoms with Gasteiger partial charge in [-0.2, -0.15) is 13.2 Å². The van der Waals surface area contributed by atoms with Crippen molar-refractivity contribution in [1.29, 1.82) is 0 Å². The van der Waals surface area contributed by atoms with Crippen molar-refractivity contribution >= 4 is 22.7 Å². The monoisotopic (exact) mass is 595 g/mol. The molecular formula is C33H36F3N3O4. The third-order valence-corrected chi connectivity index (χ3v) is 7.16. The Morgan fingerprint density at radius 3 is 2.26 bits per heavy atom. The van der Waals surface area contributed by atoms with Crippen molar-refractivity contribution in [2.75, 3.05) is 33.9 Å². The number of para-hydroxylation sites is 1. The maximum atomic E-state index is 13.9. The number of carbonyl (C=O) groups excluding carboxylic acids is 2. The number of rotatable bonds is 12. The summed E-state index contributed by atoms with van der Waals surface area (Å²) in [6.07, 6.45) is -2.01. The van der Waals surface area contributed by atoms with Gasteiger partial charge in [0.15, 0.2) is 11.5 Å². The fourth-order valence-corrected chi connectivity index (χ4v) is 4.99. The number of nitrogens with zero attached hydrogens (tertiary/aromatic N) is 2. The van der Waals surface area contributed by atoms with E-state index < -0.39 is 17.6 Å². The zero-order valence-corrected chi connectivity index (χ0v) is 24.7. The number of hydrogen-bond donors (Lipinski definition) is 1. The Labute approximate surface area is 249 Å². The molecule has 3 aromatic carbocycles. The molecule has 1 N–H and O–H groups in total. The Balaban J connectivity index is 1.59. The van der Waals surface area contributed by atoms with Crippen molar-refractivity contribution in [3.05, 3.63) is 95.2 Å². The summed E-state index contributed by atoms with van der Waals surface area (Å²) >= 11 is 0. The van der Waals surface area contributed by atoms with Crippen molar-refractivity contribution in [3.63, 3.8) is 0 Å². The van der Waals surface area contributed by atoms with Crippen molar-refractivity contribution < 1.29 is 32.2 Å². The zero-order chi connectivity index (χ0) is 31.1. The van der Waals surface area contributed by atoms with Gasteiger partial charge in [-0.15, -0.1) is 0 Å². The molecule has 0 aliphatic heterocycles. The first-order valence-electron chi connectivity index (χ1n) is 14.0. The van der Waals surface area contributed by atoms with Crippen molar-refractivity contribution in [2.45, 2.75) is 33.0 Å². The molecule has 4 rings (SSSR count). The van der Waals surface area contributed by atoms with Crippen LogP contribution < -0.4 is 9.47 Å². The highest BCUT2D eigenvalue weighted by molar-refractivity contribution is 5.96. The molecule has 0 bridgehead atoms. The number of carbonyl (C=O) groups is 2. The van der Waals surface area contributed by atoms with E-state index in [1.165, 1.54) is 12.0 Å². The maximum Gasteiger partial charge on any atom is 0.416 e. The van der Waals surface area contributed by atoms with Crippen molar-refractivity contribution in [1.82, 2.24) is 14.8 Å². The van der Waals surface area contributed by atoms with Gasteiger partial charge in [0.1, 0.15) is 6.54 Å². The van der Waals surface area contributed by atoms with Crippen molar-refractivity contribution in [2.24, 2.45) is 5.92 Å². The van der Waals surface area contributed by atoms with Crippen LogP contribution in [0.15, 0.2) is 72.9 Å². The van der Waals surface area contributed by atoms with Gasteiger partial charge in [-0.1, -0.05) is 38.1 Å². The van der Waals surface area contributed by atoms with Crippen LogP contribution in [-0.2, 0) is 23.9 Å². The smallest absolute Gasteiger partial charge is 0.416 e. The van der Waals surface area contributed by atoms with Gasteiger partial charge in [-0.05, 0) is 65.9 Å². The van der Waals surface area contributed by atoms with Crippen molar-refractivity contribution in [3.8, 4) is 11.5 Å². The van der Waals surface area contributed by atoms with E-state index in [1.54, 1.807) is 18.1 Å². The molecular weight excluding hydrogens is 559 g/mol. The highest BCUT2D eigenvalue weighted by Crippen LogP contribution is 2.30. The summed E-state index contributed by atoms with van der Waals surface area (Å²) in [5.41, 5.74) is 2.12. The number of methoxy groups -OCH3 is 2. The van der Waals surface area contributed by atoms with Gasteiger partial charge in [0, 0.05) is 42.3 Å². The fourth-order valence-electron chi connectivity index (χ4n) is 4.99. The average Bonchev–Trinajstić information content (AvgIpc) is 3.40. The lowest BCUT2D eigenvalue weighted by molar-refractivity contribution is -0.137. The minimum absolute atomic E-state index is 0.0247. The van der Waals surface area contributed by atoms with E-state index in [0.29, 0.717) is 24.5 Å². The van der Waals surface area contributed by atoms with Crippen LogP contribution in [0.2, 0.25) is 0 Å². The van der Waals surface area contributed by atoms with E-state index in [4.69, 9.17) is 9.47 Å². The van der Waals surface area contributed by atoms with Gasteiger partial charge in [-0.3, -0.25) is 9.59 Å². The SMILES string of the molecule is COc1ccc(CN(CCc2c[nH]c3ccccc23)C(=O)CN(CC(C)C)C(=O)c2ccc(C(F)(F)F)cc2)cc1OC. The number of amides is 2. The highest BCUT2D eigenvalue weighted by Gasteiger charge is 2.31. The number of nitrogens with one attached hydrogen (secondary N) is 1. The summed E-state index contributed by atoms with van der Waals surface area (Å²) < 4.78 is 50.0. The third kappa shape index (κ3) is 7.88. The fraction of sp³-hybridized carbons (Fsp3) is 0.333. The Hall–Kier alpha value is -4.47. The van der Waals surface area contributed by atoms with E-state index in [9.17, 15) is 22.8 Å². The summed E-state index contributed by atoms with van der Waals surface area (Å²) in [6.45, 7) is 4.49. The van der Waals surface area contributed by atoms with Gasteiger partial charge >= 0.3 is 6.18 Å². The number of aromatic amines is 1. The van der Waals surface area contributed by atoms with Crippen LogP contribution in [0.1, 0.15) is 40.9 Å². The van der Waals surface area contributed by atoms with Crippen LogP contribution in [0.4, 0.5) is 13.2 Å². The van der Waals surface area contributed by atoms with Gasteiger partial charge < -0.3 is 24.3 Å². The molecule has 43 heavy (non-hydrogen) atoms. The van der Waals surface area contributed by atoms with E-state index in [2.05, 4.69) is 4.98 Å². The molecule has 0 saturated carbocycles.